The minimum Gasteiger partial charge on any atom is -0.335 e. The Labute approximate surface area is 99.6 Å². The molecule has 90 valence electrons. The van der Waals surface area contributed by atoms with Gasteiger partial charge in [0.25, 0.3) is 0 Å². The molecule has 0 aromatic heterocycles. The number of benzene rings is 1. The third-order valence-corrected chi connectivity index (χ3v) is 2.35. The van der Waals surface area contributed by atoms with Crippen LogP contribution in [0.3, 0.4) is 0 Å². The molecule has 5 nitrogen and oxygen atoms in total. The van der Waals surface area contributed by atoms with Crippen molar-refractivity contribution in [1.82, 2.24) is 5.32 Å². The Morgan fingerprint density at radius 1 is 1.18 bits per heavy atom. The number of nitrogens with one attached hydrogen (secondary N) is 3. The van der Waals surface area contributed by atoms with Gasteiger partial charge in [-0.05, 0) is 31.0 Å². The van der Waals surface area contributed by atoms with Gasteiger partial charge in [0, 0.05) is 24.3 Å². The van der Waals surface area contributed by atoms with E-state index in [1.165, 1.54) is 6.92 Å². The van der Waals surface area contributed by atoms with Gasteiger partial charge >= 0.3 is 6.03 Å². The second-order valence-electron chi connectivity index (χ2n) is 4.13. The lowest BCUT2D eigenvalue weighted by Gasteiger charge is -2.08. The van der Waals surface area contributed by atoms with Crippen molar-refractivity contribution < 1.29 is 9.59 Å². The van der Waals surface area contributed by atoms with Gasteiger partial charge in [-0.3, -0.25) is 4.79 Å². The van der Waals surface area contributed by atoms with Gasteiger partial charge in [0.15, 0.2) is 0 Å². The van der Waals surface area contributed by atoms with Crippen molar-refractivity contribution in [3.8, 4) is 0 Å². The molecule has 0 saturated heterocycles. The maximum absolute atomic E-state index is 11.5. The molecule has 0 unspecified atom stereocenters. The van der Waals surface area contributed by atoms with Gasteiger partial charge in [-0.15, -0.1) is 0 Å². The van der Waals surface area contributed by atoms with Gasteiger partial charge in [-0.1, -0.05) is 6.07 Å². The highest BCUT2D eigenvalue weighted by Crippen LogP contribution is 2.19. The van der Waals surface area contributed by atoms with E-state index in [2.05, 4.69) is 16.0 Å². The normalized spacial score (nSPS) is 13.9. The average molecular weight is 233 g/mol. The first-order chi connectivity index (χ1) is 8.13. The Morgan fingerprint density at radius 3 is 2.41 bits per heavy atom. The van der Waals surface area contributed by atoms with E-state index in [4.69, 9.17) is 0 Å². The van der Waals surface area contributed by atoms with Crippen LogP contribution in [0.25, 0.3) is 0 Å². The molecule has 0 radical (unpaired) electrons. The van der Waals surface area contributed by atoms with Crippen LogP contribution in [0.5, 0.6) is 0 Å². The van der Waals surface area contributed by atoms with E-state index in [1.54, 1.807) is 24.3 Å². The SMILES string of the molecule is CC(=O)Nc1cccc(NC(=O)NC2CC2)c1. The van der Waals surface area contributed by atoms with Gasteiger partial charge in [0.05, 0.1) is 0 Å². The largest absolute Gasteiger partial charge is 0.335 e. The monoisotopic (exact) mass is 233 g/mol. The molecule has 1 aliphatic rings. The van der Waals surface area contributed by atoms with Crippen LogP contribution in [0, 0.1) is 0 Å². The van der Waals surface area contributed by atoms with E-state index in [9.17, 15) is 9.59 Å². The molecule has 1 saturated carbocycles. The second-order valence-corrected chi connectivity index (χ2v) is 4.13. The molecule has 1 aromatic rings. The molecule has 1 aliphatic carbocycles. The summed E-state index contributed by atoms with van der Waals surface area (Å²) in [7, 11) is 0. The van der Waals surface area contributed by atoms with E-state index in [0.717, 1.165) is 12.8 Å². The summed E-state index contributed by atoms with van der Waals surface area (Å²) < 4.78 is 0. The molecule has 0 bridgehead atoms. The van der Waals surface area contributed by atoms with E-state index < -0.39 is 0 Å². The number of anilines is 2. The Bertz CT molecular complexity index is 441. The van der Waals surface area contributed by atoms with Crippen LogP contribution in [0.15, 0.2) is 24.3 Å². The van der Waals surface area contributed by atoms with E-state index in [0.29, 0.717) is 17.4 Å². The van der Waals surface area contributed by atoms with Crippen LogP contribution in [0.2, 0.25) is 0 Å². The number of hydrogen-bond donors (Lipinski definition) is 3. The average Bonchev–Trinajstić information content (AvgIpc) is 3.00. The Morgan fingerprint density at radius 2 is 1.82 bits per heavy atom. The first-order valence-corrected chi connectivity index (χ1v) is 5.58. The summed E-state index contributed by atoms with van der Waals surface area (Å²) in [5.41, 5.74) is 1.33. The molecular formula is C12H15N3O2. The number of urea groups is 1. The Hall–Kier alpha value is -2.04. The minimum atomic E-state index is -0.201. The molecule has 17 heavy (non-hydrogen) atoms. The fourth-order valence-corrected chi connectivity index (χ4v) is 1.46. The van der Waals surface area contributed by atoms with Gasteiger partial charge < -0.3 is 16.0 Å². The maximum atomic E-state index is 11.5. The summed E-state index contributed by atoms with van der Waals surface area (Å²) in [6, 6.07) is 7.16. The van der Waals surface area contributed by atoms with Gasteiger partial charge in [-0.25, -0.2) is 4.79 Å². The molecular weight excluding hydrogens is 218 g/mol. The number of hydrogen-bond acceptors (Lipinski definition) is 2. The summed E-state index contributed by atoms with van der Waals surface area (Å²) in [5.74, 6) is -0.135. The molecule has 0 atom stereocenters. The van der Waals surface area contributed by atoms with Gasteiger partial charge in [-0.2, -0.15) is 0 Å². The molecule has 2 rings (SSSR count). The maximum Gasteiger partial charge on any atom is 0.319 e. The van der Waals surface area contributed by atoms with Crippen molar-refractivity contribution in [1.29, 1.82) is 0 Å². The smallest absolute Gasteiger partial charge is 0.319 e. The molecule has 0 heterocycles. The summed E-state index contributed by atoms with van der Waals surface area (Å²) in [6.45, 7) is 1.44. The minimum absolute atomic E-state index is 0.135. The van der Waals surface area contributed by atoms with Crippen molar-refractivity contribution in [2.24, 2.45) is 0 Å². The lowest BCUT2D eigenvalue weighted by Crippen LogP contribution is -2.30. The fourth-order valence-electron chi connectivity index (χ4n) is 1.46. The van der Waals surface area contributed by atoms with Crippen molar-refractivity contribution >= 4 is 23.3 Å². The number of carbonyl (C=O) groups excluding carboxylic acids is 2. The van der Waals surface area contributed by atoms with Crippen molar-refractivity contribution in [3.63, 3.8) is 0 Å². The highest BCUT2D eigenvalue weighted by atomic mass is 16.2. The zero-order valence-electron chi connectivity index (χ0n) is 9.62. The summed E-state index contributed by atoms with van der Waals surface area (Å²) in [6.07, 6.45) is 2.11. The molecule has 3 amide bonds. The molecule has 0 spiro atoms. The molecule has 1 fully saturated rings. The summed E-state index contributed by atoms with van der Waals surface area (Å²) in [4.78, 5) is 22.4. The third kappa shape index (κ3) is 3.79. The molecule has 3 N–H and O–H groups in total. The highest BCUT2D eigenvalue weighted by Gasteiger charge is 2.23. The summed E-state index contributed by atoms with van der Waals surface area (Å²) >= 11 is 0. The van der Waals surface area contributed by atoms with Gasteiger partial charge in [0.2, 0.25) is 5.91 Å². The quantitative estimate of drug-likeness (QED) is 0.746. The standard InChI is InChI=1S/C12H15N3O2/c1-8(16)13-10-3-2-4-11(7-10)15-12(17)14-9-5-6-9/h2-4,7,9H,5-6H2,1H3,(H,13,16)(H2,14,15,17). The summed E-state index contributed by atoms with van der Waals surface area (Å²) in [5, 5.41) is 8.21. The number of rotatable bonds is 3. The Kier molecular flexibility index (Phi) is 3.27. The van der Waals surface area contributed by atoms with Crippen LogP contribution in [0.1, 0.15) is 19.8 Å². The Balaban J connectivity index is 1.94. The lowest BCUT2D eigenvalue weighted by atomic mass is 10.3. The first kappa shape index (κ1) is 11.4. The van der Waals surface area contributed by atoms with Crippen LogP contribution < -0.4 is 16.0 Å². The van der Waals surface area contributed by atoms with Crippen LogP contribution >= 0.6 is 0 Å². The van der Waals surface area contributed by atoms with Gasteiger partial charge in [0.1, 0.15) is 0 Å². The van der Waals surface area contributed by atoms with E-state index in [1.807, 2.05) is 0 Å². The van der Waals surface area contributed by atoms with Crippen molar-refractivity contribution in [2.75, 3.05) is 10.6 Å². The van der Waals surface area contributed by atoms with E-state index in [-0.39, 0.29) is 11.9 Å². The molecule has 0 aliphatic heterocycles. The third-order valence-electron chi connectivity index (χ3n) is 2.35. The molecule has 5 heteroatoms. The van der Waals surface area contributed by atoms with E-state index >= 15 is 0 Å². The second kappa shape index (κ2) is 4.86. The zero-order chi connectivity index (χ0) is 12.3. The fraction of sp³-hybridized carbons (Fsp3) is 0.333. The highest BCUT2D eigenvalue weighted by molar-refractivity contribution is 5.92. The lowest BCUT2D eigenvalue weighted by molar-refractivity contribution is -0.114. The first-order valence-electron chi connectivity index (χ1n) is 5.58. The predicted octanol–water partition coefficient (Wildman–Crippen LogP) is 1.93. The zero-order valence-corrected chi connectivity index (χ0v) is 9.62. The predicted molar refractivity (Wildman–Crippen MR) is 65.9 cm³/mol. The van der Waals surface area contributed by atoms with Crippen LogP contribution in [0.4, 0.5) is 16.2 Å². The van der Waals surface area contributed by atoms with Crippen molar-refractivity contribution in [2.45, 2.75) is 25.8 Å². The van der Waals surface area contributed by atoms with Crippen LogP contribution in [-0.2, 0) is 4.79 Å². The number of amides is 3. The molecule has 1 aromatic carbocycles. The topological polar surface area (TPSA) is 70.2 Å². The van der Waals surface area contributed by atoms with Crippen molar-refractivity contribution in [3.05, 3.63) is 24.3 Å². The number of carbonyl (C=O) groups is 2. The van der Waals surface area contributed by atoms with Crippen LogP contribution in [-0.4, -0.2) is 18.0 Å².